The fourth-order valence-corrected chi connectivity index (χ4v) is 4.46. The van der Waals surface area contributed by atoms with Gasteiger partial charge in [0.05, 0.1) is 13.2 Å². The van der Waals surface area contributed by atoms with Gasteiger partial charge in [-0.05, 0) is 49.1 Å². The molecule has 2 N–H and O–H groups in total. The number of aryl methyl sites for hydroxylation is 1. The topological polar surface area (TPSA) is 75.7 Å². The summed E-state index contributed by atoms with van der Waals surface area (Å²) in [7, 11) is 1.60. The Morgan fingerprint density at radius 2 is 2.17 bits per heavy atom. The van der Waals surface area contributed by atoms with Crippen molar-refractivity contribution < 1.29 is 14.3 Å². The summed E-state index contributed by atoms with van der Waals surface area (Å²) in [5.74, 6) is 1.81. The molecule has 160 valence electrons. The molecule has 2 saturated heterocycles. The molecule has 4 rings (SSSR count). The van der Waals surface area contributed by atoms with Gasteiger partial charge in [0.1, 0.15) is 12.4 Å². The third-order valence-electron chi connectivity index (χ3n) is 6.02. The minimum Gasteiger partial charge on any atom is -0.491 e. The van der Waals surface area contributed by atoms with Crippen LogP contribution in [-0.2, 0) is 4.79 Å². The molecular weight excluding hydrogens is 404 g/mol. The number of piperidine rings is 1. The third kappa shape index (κ3) is 4.10. The Balaban J connectivity index is 1.53. The fourth-order valence-electron chi connectivity index (χ4n) is 4.30. The van der Waals surface area contributed by atoms with E-state index in [1.165, 1.54) is 0 Å². The molecule has 3 heterocycles. The first-order valence-electron chi connectivity index (χ1n) is 10.2. The Kier molecular flexibility index (Phi) is 6.13. The van der Waals surface area contributed by atoms with Crippen molar-refractivity contribution in [2.75, 3.05) is 26.8 Å². The lowest BCUT2D eigenvalue weighted by Crippen LogP contribution is -2.49. The van der Waals surface area contributed by atoms with Crippen LogP contribution < -0.4 is 20.3 Å². The molecule has 0 saturated carbocycles. The van der Waals surface area contributed by atoms with Gasteiger partial charge in [-0.1, -0.05) is 11.6 Å². The molecule has 0 radical (unpaired) electrons. The van der Waals surface area contributed by atoms with E-state index in [1.54, 1.807) is 20.2 Å². The minimum atomic E-state index is 0.127. The van der Waals surface area contributed by atoms with Crippen molar-refractivity contribution in [1.29, 1.82) is 0 Å². The van der Waals surface area contributed by atoms with Crippen LogP contribution in [0.4, 0.5) is 0 Å². The van der Waals surface area contributed by atoms with E-state index in [9.17, 15) is 4.79 Å². The number of amides is 1. The van der Waals surface area contributed by atoms with Gasteiger partial charge in [-0.3, -0.25) is 15.6 Å². The summed E-state index contributed by atoms with van der Waals surface area (Å²) in [6, 6.07) is 8.07. The van der Waals surface area contributed by atoms with Crippen molar-refractivity contribution in [3.8, 4) is 22.8 Å². The van der Waals surface area contributed by atoms with Crippen molar-refractivity contribution in [3.63, 3.8) is 0 Å². The summed E-state index contributed by atoms with van der Waals surface area (Å²) in [5, 5.41) is 0.667. The predicted molar refractivity (Wildman–Crippen MR) is 116 cm³/mol. The van der Waals surface area contributed by atoms with Crippen LogP contribution in [0, 0.1) is 12.8 Å². The van der Waals surface area contributed by atoms with Crippen LogP contribution in [0.3, 0.4) is 0 Å². The quantitative estimate of drug-likeness (QED) is 0.759. The van der Waals surface area contributed by atoms with Gasteiger partial charge in [0, 0.05) is 48.4 Å². The maximum atomic E-state index is 11.7. The highest BCUT2D eigenvalue weighted by Crippen LogP contribution is 2.39. The van der Waals surface area contributed by atoms with Gasteiger partial charge in [0.2, 0.25) is 11.8 Å². The van der Waals surface area contributed by atoms with Crippen LogP contribution in [-0.4, -0.2) is 54.7 Å². The second kappa shape index (κ2) is 8.79. The maximum absolute atomic E-state index is 11.7. The monoisotopic (exact) mass is 430 g/mol. The number of carbonyl (C=O) groups excluding carboxylic acids is 1. The van der Waals surface area contributed by atoms with Gasteiger partial charge in [-0.2, -0.15) is 0 Å². The number of likely N-dealkylation sites (tertiary alicyclic amines) is 1. The molecule has 2 fully saturated rings. The van der Waals surface area contributed by atoms with E-state index in [-0.39, 0.29) is 18.0 Å². The second-order valence-electron chi connectivity index (χ2n) is 7.89. The molecule has 3 unspecified atom stereocenters. The van der Waals surface area contributed by atoms with Gasteiger partial charge in [0.15, 0.2) is 0 Å². The lowest BCUT2D eigenvalue weighted by molar-refractivity contribution is -0.130. The van der Waals surface area contributed by atoms with E-state index in [0.29, 0.717) is 23.4 Å². The number of aromatic nitrogens is 1. The molecule has 8 heteroatoms. The van der Waals surface area contributed by atoms with E-state index in [4.69, 9.17) is 21.1 Å². The van der Waals surface area contributed by atoms with E-state index in [1.807, 2.05) is 36.1 Å². The number of hydrogen-bond donors (Lipinski definition) is 2. The van der Waals surface area contributed by atoms with Crippen LogP contribution >= 0.6 is 11.6 Å². The van der Waals surface area contributed by atoms with Gasteiger partial charge in [-0.15, -0.1) is 0 Å². The first kappa shape index (κ1) is 20.9. The van der Waals surface area contributed by atoms with Crippen molar-refractivity contribution in [3.05, 3.63) is 41.0 Å². The Labute approximate surface area is 181 Å². The maximum Gasteiger partial charge on any atom is 0.221 e. The average Bonchev–Trinajstić information content (AvgIpc) is 3.16. The number of carbonyl (C=O) groups is 1. The number of nitrogens with one attached hydrogen (secondary N) is 2. The van der Waals surface area contributed by atoms with Crippen molar-refractivity contribution in [2.24, 2.45) is 5.92 Å². The SMILES string of the molecule is COc1ncccc1-c1cc(Cl)c(C)cc1OCC1NNC2CN(C(C)=O)CCC12. The van der Waals surface area contributed by atoms with Gasteiger partial charge >= 0.3 is 0 Å². The van der Waals surface area contributed by atoms with Crippen molar-refractivity contribution in [1.82, 2.24) is 20.7 Å². The number of nitrogens with zero attached hydrogens (tertiary/aromatic N) is 2. The highest BCUT2D eigenvalue weighted by Gasteiger charge is 2.40. The molecule has 1 amide bonds. The lowest BCUT2D eigenvalue weighted by Gasteiger charge is -2.35. The number of pyridine rings is 1. The van der Waals surface area contributed by atoms with E-state index in [0.717, 1.165) is 42.0 Å². The standard InChI is InChI=1S/C22H27ClN4O3/c1-13-9-21(17(10-18(13)23)15-5-4-7-24-22(15)29-3)30-12-20-16-6-8-27(14(2)28)11-19(16)25-26-20/h4-5,7,9-10,16,19-20,25-26H,6,8,11-12H2,1-3H3. The number of methoxy groups -OCH3 is 1. The number of ether oxygens (including phenoxy) is 2. The first-order valence-corrected chi connectivity index (χ1v) is 10.5. The molecular formula is C22H27ClN4O3. The zero-order valence-electron chi connectivity index (χ0n) is 17.4. The highest BCUT2D eigenvalue weighted by atomic mass is 35.5. The fraction of sp³-hybridized carbons (Fsp3) is 0.455. The summed E-state index contributed by atoms with van der Waals surface area (Å²) in [5.41, 5.74) is 9.33. The molecule has 2 aliphatic heterocycles. The molecule has 0 aliphatic carbocycles. The number of halogens is 1. The Morgan fingerprint density at radius 1 is 1.33 bits per heavy atom. The summed E-state index contributed by atoms with van der Waals surface area (Å²) in [4.78, 5) is 17.9. The number of hydrazine groups is 1. The summed E-state index contributed by atoms with van der Waals surface area (Å²) >= 11 is 6.42. The van der Waals surface area contributed by atoms with E-state index in [2.05, 4.69) is 15.8 Å². The predicted octanol–water partition coefficient (Wildman–Crippen LogP) is 2.81. The van der Waals surface area contributed by atoms with Gasteiger partial charge in [0.25, 0.3) is 0 Å². The van der Waals surface area contributed by atoms with Gasteiger partial charge < -0.3 is 14.4 Å². The molecule has 1 aromatic carbocycles. The molecule has 0 bridgehead atoms. The zero-order valence-corrected chi connectivity index (χ0v) is 18.2. The number of hydrogen-bond acceptors (Lipinski definition) is 6. The van der Waals surface area contributed by atoms with E-state index < -0.39 is 0 Å². The van der Waals surface area contributed by atoms with Crippen LogP contribution in [0.15, 0.2) is 30.5 Å². The zero-order chi connectivity index (χ0) is 21.3. The van der Waals surface area contributed by atoms with Crippen molar-refractivity contribution >= 4 is 17.5 Å². The molecule has 2 aromatic rings. The third-order valence-corrected chi connectivity index (χ3v) is 6.42. The van der Waals surface area contributed by atoms with Gasteiger partial charge in [-0.25, -0.2) is 4.98 Å². The molecule has 0 spiro atoms. The Morgan fingerprint density at radius 3 is 2.93 bits per heavy atom. The summed E-state index contributed by atoms with van der Waals surface area (Å²) in [6.45, 7) is 5.60. The molecule has 30 heavy (non-hydrogen) atoms. The van der Waals surface area contributed by atoms with Crippen LogP contribution in [0.25, 0.3) is 11.1 Å². The largest absolute Gasteiger partial charge is 0.491 e. The number of benzene rings is 1. The van der Waals surface area contributed by atoms with E-state index >= 15 is 0 Å². The molecule has 2 aliphatic rings. The normalized spacial score (nSPS) is 23.2. The number of rotatable bonds is 5. The second-order valence-corrected chi connectivity index (χ2v) is 8.30. The molecule has 3 atom stereocenters. The smallest absolute Gasteiger partial charge is 0.221 e. The van der Waals surface area contributed by atoms with Crippen LogP contribution in [0.1, 0.15) is 18.9 Å². The molecule has 1 aromatic heterocycles. The molecule has 7 nitrogen and oxygen atoms in total. The van der Waals surface area contributed by atoms with Crippen molar-refractivity contribution in [2.45, 2.75) is 32.4 Å². The van der Waals surface area contributed by atoms with Crippen LogP contribution in [0.2, 0.25) is 5.02 Å². The lowest BCUT2D eigenvalue weighted by atomic mass is 9.88. The Bertz CT molecular complexity index is 939. The first-order chi connectivity index (χ1) is 14.5. The highest BCUT2D eigenvalue weighted by molar-refractivity contribution is 6.31. The number of fused-ring (bicyclic) bond motifs is 1. The average molecular weight is 431 g/mol. The summed E-state index contributed by atoms with van der Waals surface area (Å²) < 4.78 is 11.7. The Hall–Kier alpha value is -2.35. The minimum absolute atomic E-state index is 0.127. The summed E-state index contributed by atoms with van der Waals surface area (Å²) in [6.07, 6.45) is 2.64. The van der Waals surface area contributed by atoms with Crippen LogP contribution in [0.5, 0.6) is 11.6 Å².